The molecule has 3 rings (SSSR count). The highest BCUT2D eigenvalue weighted by Gasteiger charge is 2.29. The number of benzene rings is 1. The third-order valence-electron chi connectivity index (χ3n) is 3.35. The van der Waals surface area contributed by atoms with Gasteiger partial charge in [-0.3, -0.25) is 9.79 Å². The Bertz CT molecular complexity index is 792. The van der Waals surface area contributed by atoms with Crippen LogP contribution in [0.2, 0.25) is 0 Å². The Labute approximate surface area is 127 Å². The molecule has 0 amide bonds. The highest BCUT2D eigenvalue weighted by Crippen LogP contribution is 2.45. The summed E-state index contributed by atoms with van der Waals surface area (Å²) in [4.78, 5) is 17.8. The molecule has 5 nitrogen and oxygen atoms in total. The number of aliphatic imine (C=N–C) groups is 1. The fourth-order valence-corrected chi connectivity index (χ4v) is 4.65. The lowest BCUT2D eigenvalue weighted by atomic mass is 10.0. The summed E-state index contributed by atoms with van der Waals surface area (Å²) in [5, 5.41) is 0. The van der Waals surface area contributed by atoms with Crippen molar-refractivity contribution in [3.8, 4) is 0 Å². The van der Waals surface area contributed by atoms with E-state index in [-0.39, 0.29) is 10.7 Å². The number of Topliss-reactive ketones (excluding diaryl/α,β-unsaturated/α-hetero) is 1. The number of nitrogens with zero attached hydrogens (tertiary/aromatic N) is 2. The van der Waals surface area contributed by atoms with Gasteiger partial charge in [0.25, 0.3) is 0 Å². The van der Waals surface area contributed by atoms with Crippen molar-refractivity contribution in [2.75, 3.05) is 14.1 Å². The Kier molecular flexibility index (Phi) is 3.51. The molecular weight excluding hydrogens is 308 g/mol. The number of carbonyl (C=O) groups is 1. The zero-order valence-electron chi connectivity index (χ0n) is 11.7. The molecule has 0 saturated carbocycles. The summed E-state index contributed by atoms with van der Waals surface area (Å²) < 4.78 is 26.0. The first kappa shape index (κ1) is 14.5. The van der Waals surface area contributed by atoms with Gasteiger partial charge in [-0.2, -0.15) is 0 Å². The number of thioether (sulfide) groups is 1. The molecule has 0 radical (unpaired) electrons. The first-order valence-corrected chi connectivity index (χ1v) is 8.68. The number of rotatable bonds is 2. The van der Waals surface area contributed by atoms with Crippen molar-refractivity contribution >= 4 is 39.0 Å². The van der Waals surface area contributed by atoms with E-state index in [1.54, 1.807) is 18.2 Å². The minimum absolute atomic E-state index is 0.138. The molecule has 1 aromatic carbocycles. The van der Waals surface area contributed by atoms with Gasteiger partial charge in [-0.05, 0) is 12.1 Å². The Morgan fingerprint density at radius 3 is 2.76 bits per heavy atom. The number of fused-ring (bicyclic) bond motifs is 2. The number of ketones is 1. The van der Waals surface area contributed by atoms with Crippen LogP contribution in [0.5, 0.6) is 0 Å². The van der Waals surface area contributed by atoms with Crippen LogP contribution in [0.4, 0.5) is 5.69 Å². The van der Waals surface area contributed by atoms with E-state index in [1.807, 2.05) is 6.08 Å². The van der Waals surface area contributed by atoms with Gasteiger partial charge in [-0.25, -0.2) is 12.7 Å². The second kappa shape index (κ2) is 5.08. The average molecular weight is 322 g/mol. The molecule has 0 fully saturated rings. The number of allylic oxidation sites excluding steroid dienone is 2. The van der Waals surface area contributed by atoms with Crippen molar-refractivity contribution in [2.24, 2.45) is 4.99 Å². The van der Waals surface area contributed by atoms with E-state index in [0.717, 1.165) is 10.6 Å². The van der Waals surface area contributed by atoms with Crippen LogP contribution in [0.3, 0.4) is 0 Å². The molecule has 0 N–H and O–H groups in total. The summed E-state index contributed by atoms with van der Waals surface area (Å²) >= 11 is 1.39. The lowest BCUT2D eigenvalue weighted by molar-refractivity contribution is -0.117. The molecular formula is C14H14N2O3S2. The highest BCUT2D eigenvalue weighted by atomic mass is 32.2. The van der Waals surface area contributed by atoms with Crippen molar-refractivity contribution in [1.29, 1.82) is 0 Å². The quantitative estimate of drug-likeness (QED) is 0.838. The zero-order valence-corrected chi connectivity index (χ0v) is 13.3. The third kappa shape index (κ3) is 2.45. The van der Waals surface area contributed by atoms with E-state index in [2.05, 4.69) is 4.99 Å². The van der Waals surface area contributed by atoms with E-state index in [0.29, 0.717) is 23.4 Å². The van der Waals surface area contributed by atoms with Crippen molar-refractivity contribution in [2.45, 2.75) is 22.6 Å². The van der Waals surface area contributed by atoms with Gasteiger partial charge in [-0.15, -0.1) is 0 Å². The fourth-order valence-electron chi connectivity index (χ4n) is 2.22. The lowest BCUT2D eigenvalue weighted by Crippen LogP contribution is -2.23. The molecule has 1 heterocycles. The van der Waals surface area contributed by atoms with Gasteiger partial charge in [0, 0.05) is 25.4 Å². The summed E-state index contributed by atoms with van der Waals surface area (Å²) in [5.74, 6) is 0.138. The minimum atomic E-state index is -3.52. The third-order valence-corrected chi connectivity index (χ3v) is 6.59. The van der Waals surface area contributed by atoms with E-state index < -0.39 is 10.0 Å². The van der Waals surface area contributed by atoms with Crippen molar-refractivity contribution < 1.29 is 13.2 Å². The number of sulfonamides is 1. The van der Waals surface area contributed by atoms with Gasteiger partial charge >= 0.3 is 0 Å². The van der Waals surface area contributed by atoms with Crippen LogP contribution < -0.4 is 0 Å². The monoisotopic (exact) mass is 322 g/mol. The zero-order chi connectivity index (χ0) is 15.2. The van der Waals surface area contributed by atoms with Gasteiger partial charge in [-0.1, -0.05) is 23.9 Å². The smallest absolute Gasteiger partial charge is 0.243 e. The summed E-state index contributed by atoms with van der Waals surface area (Å²) in [6, 6.07) is 5.05. The molecule has 0 spiro atoms. The van der Waals surface area contributed by atoms with Crippen LogP contribution in [0, 0.1) is 0 Å². The Hall–Kier alpha value is -1.44. The summed E-state index contributed by atoms with van der Waals surface area (Å²) in [5.41, 5.74) is 1.35. The fraction of sp³-hybridized carbons (Fsp3) is 0.286. The van der Waals surface area contributed by atoms with Crippen LogP contribution in [-0.2, 0) is 14.8 Å². The maximum atomic E-state index is 12.4. The minimum Gasteiger partial charge on any atom is -0.299 e. The molecule has 110 valence electrons. The van der Waals surface area contributed by atoms with Crippen molar-refractivity contribution in [3.63, 3.8) is 0 Å². The SMILES string of the molecule is CN(C)S(=O)(=O)c1cccc2c1SC1=CCC(=O)CC1=N2. The maximum Gasteiger partial charge on any atom is 0.243 e. The standard InChI is InChI=1S/C14H14N2O3S2/c1-16(2)21(18,19)13-5-3-4-10-14(13)20-12-7-6-9(17)8-11(12)15-10/h3-5,7H,6,8H2,1-2H3. The molecule has 0 unspecified atom stereocenters. The van der Waals surface area contributed by atoms with Crippen LogP contribution in [-0.4, -0.2) is 38.3 Å². The molecule has 0 bridgehead atoms. The van der Waals surface area contributed by atoms with Gasteiger partial charge in [0.05, 0.1) is 27.6 Å². The molecule has 0 saturated heterocycles. The van der Waals surface area contributed by atoms with E-state index in [4.69, 9.17) is 0 Å². The van der Waals surface area contributed by atoms with Crippen LogP contribution in [0.25, 0.3) is 0 Å². The molecule has 1 aromatic rings. The maximum absolute atomic E-state index is 12.4. The van der Waals surface area contributed by atoms with E-state index >= 15 is 0 Å². The molecule has 21 heavy (non-hydrogen) atoms. The van der Waals surface area contributed by atoms with E-state index in [1.165, 1.54) is 30.2 Å². The van der Waals surface area contributed by atoms with Gasteiger partial charge in [0.15, 0.2) is 0 Å². The van der Waals surface area contributed by atoms with Crippen LogP contribution in [0.1, 0.15) is 12.8 Å². The predicted molar refractivity (Wildman–Crippen MR) is 82.6 cm³/mol. The van der Waals surface area contributed by atoms with Crippen molar-refractivity contribution in [3.05, 3.63) is 29.2 Å². The molecule has 0 atom stereocenters. The number of carbonyl (C=O) groups excluding carboxylic acids is 1. The first-order valence-electron chi connectivity index (χ1n) is 6.43. The Morgan fingerprint density at radius 2 is 2.05 bits per heavy atom. The summed E-state index contributed by atoms with van der Waals surface area (Å²) in [6.45, 7) is 0. The van der Waals surface area contributed by atoms with Crippen LogP contribution in [0.15, 0.2) is 44.0 Å². The van der Waals surface area contributed by atoms with Crippen LogP contribution >= 0.6 is 11.8 Å². The Morgan fingerprint density at radius 1 is 1.29 bits per heavy atom. The predicted octanol–water partition coefficient (Wildman–Crippen LogP) is 2.36. The van der Waals surface area contributed by atoms with Gasteiger partial charge in [0.1, 0.15) is 5.78 Å². The van der Waals surface area contributed by atoms with Crippen molar-refractivity contribution in [1.82, 2.24) is 4.31 Å². The van der Waals surface area contributed by atoms with Gasteiger partial charge < -0.3 is 0 Å². The first-order chi connectivity index (χ1) is 9.89. The van der Waals surface area contributed by atoms with Gasteiger partial charge in [0.2, 0.25) is 10.0 Å². The molecule has 1 aliphatic heterocycles. The average Bonchev–Trinajstić information content (AvgIpc) is 2.44. The molecule has 1 aliphatic carbocycles. The molecule has 0 aromatic heterocycles. The topological polar surface area (TPSA) is 66.8 Å². The normalized spacial score (nSPS) is 18.0. The second-order valence-corrected chi connectivity index (χ2v) is 8.21. The number of hydrogen-bond donors (Lipinski definition) is 0. The summed E-state index contributed by atoms with van der Waals surface area (Å²) in [6.07, 6.45) is 2.54. The summed E-state index contributed by atoms with van der Waals surface area (Å²) in [7, 11) is -0.499. The largest absolute Gasteiger partial charge is 0.299 e. The second-order valence-electron chi connectivity index (χ2n) is 5.04. The molecule has 2 aliphatic rings. The number of hydrogen-bond acceptors (Lipinski definition) is 5. The van der Waals surface area contributed by atoms with E-state index in [9.17, 15) is 13.2 Å². The Balaban J connectivity index is 2.17. The molecule has 7 heteroatoms. The lowest BCUT2D eigenvalue weighted by Gasteiger charge is -2.23. The highest BCUT2D eigenvalue weighted by molar-refractivity contribution is 8.04.